The number of amides is 1. The second-order valence-electron chi connectivity index (χ2n) is 5.12. The highest BCUT2D eigenvalue weighted by molar-refractivity contribution is 7.15. The summed E-state index contributed by atoms with van der Waals surface area (Å²) < 4.78 is 5.20. The number of thiazole rings is 1. The van der Waals surface area contributed by atoms with Crippen LogP contribution in [0.2, 0.25) is 0 Å². The lowest BCUT2D eigenvalue weighted by Crippen LogP contribution is -2.11. The van der Waals surface area contributed by atoms with Gasteiger partial charge in [0.25, 0.3) is 5.91 Å². The van der Waals surface area contributed by atoms with Crippen LogP contribution in [0.4, 0.5) is 5.13 Å². The Balaban J connectivity index is 1.73. The SMILES string of the molecule is C[C@@H]1CCc2nc(NC(=O)c3ccc(CO)o3)sc2C1. The van der Waals surface area contributed by atoms with Crippen molar-refractivity contribution in [3.8, 4) is 0 Å². The highest BCUT2D eigenvalue weighted by Crippen LogP contribution is 2.32. The molecule has 2 aromatic heterocycles. The van der Waals surface area contributed by atoms with Crippen LogP contribution in [0.15, 0.2) is 16.5 Å². The van der Waals surface area contributed by atoms with Crippen LogP contribution >= 0.6 is 11.3 Å². The Morgan fingerprint density at radius 3 is 3.20 bits per heavy atom. The number of carbonyl (C=O) groups excluding carboxylic acids is 1. The number of carbonyl (C=O) groups is 1. The number of aryl methyl sites for hydroxylation is 1. The van der Waals surface area contributed by atoms with Crippen LogP contribution in [0, 0.1) is 5.92 Å². The van der Waals surface area contributed by atoms with Gasteiger partial charge in [-0.15, -0.1) is 11.3 Å². The monoisotopic (exact) mass is 292 g/mol. The molecule has 0 spiro atoms. The lowest BCUT2D eigenvalue weighted by molar-refractivity contribution is 0.0992. The summed E-state index contributed by atoms with van der Waals surface area (Å²) in [5.41, 5.74) is 1.11. The van der Waals surface area contributed by atoms with Gasteiger partial charge in [0, 0.05) is 4.88 Å². The quantitative estimate of drug-likeness (QED) is 0.911. The van der Waals surface area contributed by atoms with Crippen LogP contribution in [0.1, 0.15) is 40.2 Å². The van der Waals surface area contributed by atoms with Crippen molar-refractivity contribution < 1.29 is 14.3 Å². The van der Waals surface area contributed by atoms with Crippen molar-refractivity contribution in [1.82, 2.24) is 4.98 Å². The molecule has 0 fully saturated rings. The molecule has 0 unspecified atom stereocenters. The molecule has 1 aliphatic carbocycles. The topological polar surface area (TPSA) is 75.4 Å². The molecule has 0 radical (unpaired) electrons. The Hall–Kier alpha value is -1.66. The molecule has 0 bridgehead atoms. The first-order chi connectivity index (χ1) is 9.65. The minimum atomic E-state index is -0.330. The molecular formula is C14H16N2O3S. The number of hydrogen-bond acceptors (Lipinski definition) is 5. The smallest absolute Gasteiger partial charge is 0.293 e. The van der Waals surface area contributed by atoms with Crippen molar-refractivity contribution in [1.29, 1.82) is 0 Å². The number of anilines is 1. The molecule has 0 aliphatic heterocycles. The summed E-state index contributed by atoms with van der Waals surface area (Å²) in [5, 5.41) is 12.3. The van der Waals surface area contributed by atoms with E-state index in [0.29, 0.717) is 16.8 Å². The van der Waals surface area contributed by atoms with E-state index in [0.717, 1.165) is 25.0 Å². The van der Waals surface area contributed by atoms with E-state index in [2.05, 4.69) is 17.2 Å². The third-order valence-corrected chi connectivity index (χ3v) is 4.48. The molecule has 2 aromatic rings. The molecule has 1 aliphatic rings. The standard InChI is InChI=1S/C14H16N2O3S/c1-8-2-4-10-12(6-8)20-14(15-10)16-13(18)11-5-3-9(7-17)19-11/h3,5,8,17H,2,4,6-7H2,1H3,(H,15,16,18)/t8-/m1/s1. The highest BCUT2D eigenvalue weighted by atomic mass is 32.1. The summed E-state index contributed by atoms with van der Waals surface area (Å²) in [6.45, 7) is 2.02. The Morgan fingerprint density at radius 1 is 1.60 bits per heavy atom. The molecule has 6 heteroatoms. The molecule has 2 heterocycles. The number of aromatic nitrogens is 1. The number of hydrogen-bond donors (Lipinski definition) is 2. The van der Waals surface area contributed by atoms with Crippen molar-refractivity contribution in [2.45, 2.75) is 32.8 Å². The average Bonchev–Trinajstić information content (AvgIpc) is 3.03. The molecule has 0 saturated carbocycles. The van der Waals surface area contributed by atoms with E-state index in [4.69, 9.17) is 9.52 Å². The fraction of sp³-hybridized carbons (Fsp3) is 0.429. The second-order valence-corrected chi connectivity index (χ2v) is 6.20. The van der Waals surface area contributed by atoms with Crippen LogP contribution in [0.5, 0.6) is 0 Å². The molecule has 1 atom stereocenters. The van der Waals surface area contributed by atoms with Crippen LogP contribution in [0.3, 0.4) is 0 Å². The predicted octanol–water partition coefficient (Wildman–Crippen LogP) is 2.61. The fourth-order valence-corrected chi connectivity index (χ4v) is 3.50. The van der Waals surface area contributed by atoms with Gasteiger partial charge in [0.15, 0.2) is 10.9 Å². The van der Waals surface area contributed by atoms with E-state index in [-0.39, 0.29) is 18.3 Å². The molecule has 5 nitrogen and oxygen atoms in total. The number of furan rings is 1. The number of rotatable bonds is 3. The summed E-state index contributed by atoms with van der Waals surface area (Å²) in [6, 6.07) is 3.14. The van der Waals surface area contributed by atoms with Crippen molar-refractivity contribution in [2.24, 2.45) is 5.92 Å². The fourth-order valence-electron chi connectivity index (χ4n) is 2.34. The Bertz CT molecular complexity index is 632. The second kappa shape index (κ2) is 5.38. The van der Waals surface area contributed by atoms with Gasteiger partial charge >= 0.3 is 0 Å². The first-order valence-corrected chi connectivity index (χ1v) is 7.47. The highest BCUT2D eigenvalue weighted by Gasteiger charge is 2.21. The molecular weight excluding hydrogens is 276 g/mol. The van der Waals surface area contributed by atoms with Crippen LogP contribution in [-0.2, 0) is 19.4 Å². The Morgan fingerprint density at radius 2 is 2.45 bits per heavy atom. The largest absolute Gasteiger partial charge is 0.453 e. The molecule has 2 N–H and O–H groups in total. The molecule has 20 heavy (non-hydrogen) atoms. The van der Waals surface area contributed by atoms with E-state index < -0.39 is 0 Å². The van der Waals surface area contributed by atoms with Crippen molar-refractivity contribution in [3.63, 3.8) is 0 Å². The van der Waals surface area contributed by atoms with Gasteiger partial charge in [0.05, 0.1) is 5.69 Å². The van der Waals surface area contributed by atoms with Gasteiger partial charge in [-0.25, -0.2) is 4.98 Å². The van der Waals surface area contributed by atoms with E-state index in [9.17, 15) is 4.79 Å². The third-order valence-electron chi connectivity index (χ3n) is 3.45. The molecule has 106 valence electrons. The minimum absolute atomic E-state index is 0.190. The summed E-state index contributed by atoms with van der Waals surface area (Å²) in [7, 11) is 0. The number of nitrogens with one attached hydrogen (secondary N) is 1. The van der Waals surface area contributed by atoms with Gasteiger partial charge in [-0.2, -0.15) is 0 Å². The van der Waals surface area contributed by atoms with Gasteiger partial charge < -0.3 is 9.52 Å². The maximum absolute atomic E-state index is 12.0. The van der Waals surface area contributed by atoms with Crippen LogP contribution in [-0.4, -0.2) is 16.0 Å². The van der Waals surface area contributed by atoms with Crippen molar-refractivity contribution in [3.05, 3.63) is 34.2 Å². The van der Waals surface area contributed by atoms with Crippen LogP contribution in [0.25, 0.3) is 0 Å². The molecule has 0 saturated heterocycles. The summed E-state index contributed by atoms with van der Waals surface area (Å²) in [6.07, 6.45) is 3.18. The van der Waals surface area contributed by atoms with Crippen molar-refractivity contribution in [2.75, 3.05) is 5.32 Å². The zero-order valence-electron chi connectivity index (χ0n) is 11.2. The normalized spacial score (nSPS) is 17.8. The Kier molecular flexibility index (Phi) is 3.58. The van der Waals surface area contributed by atoms with Gasteiger partial charge in [-0.1, -0.05) is 6.92 Å². The first-order valence-electron chi connectivity index (χ1n) is 6.65. The lowest BCUT2D eigenvalue weighted by atomic mass is 9.93. The summed E-state index contributed by atoms with van der Waals surface area (Å²) in [5.74, 6) is 0.922. The van der Waals surface area contributed by atoms with Gasteiger partial charge in [0.1, 0.15) is 12.4 Å². The van der Waals surface area contributed by atoms with E-state index in [1.54, 1.807) is 23.5 Å². The zero-order chi connectivity index (χ0) is 14.1. The van der Waals surface area contributed by atoms with E-state index >= 15 is 0 Å². The first kappa shape index (κ1) is 13.3. The minimum Gasteiger partial charge on any atom is -0.453 e. The number of fused-ring (bicyclic) bond motifs is 1. The molecule has 0 aromatic carbocycles. The zero-order valence-corrected chi connectivity index (χ0v) is 12.0. The summed E-state index contributed by atoms with van der Waals surface area (Å²) in [4.78, 5) is 17.7. The predicted molar refractivity (Wildman–Crippen MR) is 75.9 cm³/mol. The average molecular weight is 292 g/mol. The Labute approximate surface area is 120 Å². The summed E-state index contributed by atoms with van der Waals surface area (Å²) >= 11 is 1.54. The van der Waals surface area contributed by atoms with Crippen LogP contribution < -0.4 is 5.32 Å². The van der Waals surface area contributed by atoms with E-state index in [1.807, 2.05) is 0 Å². The molecule has 1 amide bonds. The number of nitrogens with zero attached hydrogens (tertiary/aromatic N) is 1. The maximum atomic E-state index is 12.0. The lowest BCUT2D eigenvalue weighted by Gasteiger charge is -2.15. The molecule has 3 rings (SSSR count). The number of aliphatic hydroxyl groups is 1. The van der Waals surface area contributed by atoms with Gasteiger partial charge in [0.2, 0.25) is 0 Å². The van der Waals surface area contributed by atoms with E-state index in [1.165, 1.54) is 4.88 Å². The number of aliphatic hydroxyl groups excluding tert-OH is 1. The third kappa shape index (κ3) is 2.62. The van der Waals surface area contributed by atoms with Gasteiger partial charge in [-0.3, -0.25) is 10.1 Å². The maximum Gasteiger partial charge on any atom is 0.293 e. The van der Waals surface area contributed by atoms with Crippen molar-refractivity contribution >= 4 is 22.4 Å². The van der Waals surface area contributed by atoms with Gasteiger partial charge in [-0.05, 0) is 37.3 Å².